The van der Waals surface area contributed by atoms with E-state index in [0.29, 0.717) is 10.7 Å². The van der Waals surface area contributed by atoms with E-state index in [1.807, 2.05) is 36.5 Å². The normalized spacial score (nSPS) is 25.5. The summed E-state index contributed by atoms with van der Waals surface area (Å²) in [5.41, 5.74) is 6.65. The van der Waals surface area contributed by atoms with Gasteiger partial charge in [-0.3, -0.25) is 0 Å². The number of alkyl halides is 1. The molecule has 1 aliphatic carbocycles. The fourth-order valence-corrected chi connectivity index (χ4v) is 2.89. The molecule has 3 nitrogen and oxygen atoms in total. The third kappa shape index (κ3) is 1.85. The lowest BCUT2D eigenvalue weighted by Crippen LogP contribution is -2.43. The average molecular weight is 304 g/mol. The summed E-state index contributed by atoms with van der Waals surface area (Å²) in [5, 5.41) is 11.6. The summed E-state index contributed by atoms with van der Waals surface area (Å²) in [4.78, 5) is -1.25. The van der Waals surface area contributed by atoms with Crippen LogP contribution in [-0.2, 0) is 0 Å². The van der Waals surface area contributed by atoms with Crippen molar-refractivity contribution in [2.75, 3.05) is 0 Å². The summed E-state index contributed by atoms with van der Waals surface area (Å²) in [6.45, 7) is 0. The number of aromatic nitrogens is 1. The maximum Gasteiger partial charge on any atom is 0.152 e. The van der Waals surface area contributed by atoms with Gasteiger partial charge in [0.25, 0.3) is 0 Å². The molecule has 20 heavy (non-hydrogen) atoms. The number of hydrogen-bond donors (Lipinski definition) is 1. The molecular weight excluding hydrogens is 293 g/mol. The van der Waals surface area contributed by atoms with Crippen LogP contribution in [0, 0.1) is 11.3 Å². The average Bonchev–Trinajstić information content (AvgIpc) is 2.79. The number of nitriles is 1. The van der Waals surface area contributed by atoms with Gasteiger partial charge < -0.3 is 10.3 Å². The molecule has 0 fully saturated rings. The molecule has 1 aromatic carbocycles. The number of benzene rings is 1. The number of nitrogens with two attached hydrogens (primary N) is 1. The third-order valence-corrected chi connectivity index (χ3v) is 4.45. The lowest BCUT2D eigenvalue weighted by molar-refractivity contribution is 0.490. The van der Waals surface area contributed by atoms with Crippen molar-refractivity contribution in [1.29, 1.82) is 5.26 Å². The van der Waals surface area contributed by atoms with Crippen LogP contribution in [0.5, 0.6) is 0 Å². The zero-order valence-corrected chi connectivity index (χ0v) is 11.9. The van der Waals surface area contributed by atoms with E-state index in [0.717, 1.165) is 10.8 Å². The van der Waals surface area contributed by atoms with Crippen LogP contribution < -0.4 is 5.73 Å². The van der Waals surface area contributed by atoms with Crippen LogP contribution in [0.3, 0.4) is 0 Å². The maximum absolute atomic E-state index is 9.45. The van der Waals surface area contributed by atoms with Crippen molar-refractivity contribution in [3.8, 4) is 6.07 Å². The second kappa shape index (κ2) is 4.68. The zero-order chi connectivity index (χ0) is 14.3. The Hall–Kier alpha value is -1.73. The van der Waals surface area contributed by atoms with Gasteiger partial charge in [0.05, 0.1) is 11.1 Å². The van der Waals surface area contributed by atoms with E-state index in [2.05, 4.69) is 6.07 Å². The standard InChI is InChI=1S/C15H11Cl2N3/c16-13-6-3-7-14(15(13,17)19)20-9-10-4-1-2-5-11(10)12(20)8-18/h1-7,9,14H,19H2. The van der Waals surface area contributed by atoms with Gasteiger partial charge in [0, 0.05) is 17.0 Å². The number of halogens is 2. The zero-order valence-electron chi connectivity index (χ0n) is 10.4. The first-order valence-corrected chi connectivity index (χ1v) is 6.83. The molecule has 3 rings (SSSR count). The van der Waals surface area contributed by atoms with E-state index in [-0.39, 0.29) is 0 Å². The molecular formula is C15H11Cl2N3. The molecule has 0 amide bonds. The molecule has 100 valence electrons. The minimum atomic E-state index is -1.25. The van der Waals surface area contributed by atoms with Gasteiger partial charge in [0.15, 0.2) is 5.00 Å². The Morgan fingerprint density at radius 1 is 1.35 bits per heavy atom. The second-order valence-corrected chi connectivity index (χ2v) is 5.73. The molecule has 0 bridgehead atoms. The summed E-state index contributed by atoms with van der Waals surface area (Å²) >= 11 is 12.5. The highest BCUT2D eigenvalue weighted by molar-refractivity contribution is 6.39. The molecule has 0 radical (unpaired) electrons. The number of allylic oxidation sites excluding steroid dienone is 2. The van der Waals surface area contributed by atoms with Gasteiger partial charge in [-0.05, 0) is 6.08 Å². The lowest BCUT2D eigenvalue weighted by Gasteiger charge is -2.33. The molecule has 1 heterocycles. The van der Waals surface area contributed by atoms with Gasteiger partial charge in [-0.15, -0.1) is 0 Å². The van der Waals surface area contributed by atoms with Crippen molar-refractivity contribution in [1.82, 2.24) is 4.57 Å². The van der Waals surface area contributed by atoms with E-state index in [1.54, 1.807) is 16.7 Å². The molecule has 0 saturated heterocycles. The van der Waals surface area contributed by atoms with Crippen LogP contribution >= 0.6 is 23.2 Å². The van der Waals surface area contributed by atoms with Crippen LogP contribution in [0.1, 0.15) is 11.7 Å². The quantitative estimate of drug-likeness (QED) is 0.646. The molecule has 2 atom stereocenters. The number of fused-ring (bicyclic) bond motifs is 1. The Kier molecular flexibility index (Phi) is 3.10. The van der Waals surface area contributed by atoms with Crippen LogP contribution in [0.15, 0.2) is 53.7 Å². The molecule has 2 unspecified atom stereocenters. The van der Waals surface area contributed by atoms with Crippen molar-refractivity contribution >= 4 is 34.0 Å². The van der Waals surface area contributed by atoms with Crippen LogP contribution in [0.25, 0.3) is 10.8 Å². The predicted molar refractivity (Wildman–Crippen MR) is 81.5 cm³/mol. The van der Waals surface area contributed by atoms with E-state index in [9.17, 15) is 5.26 Å². The van der Waals surface area contributed by atoms with Crippen LogP contribution in [0.4, 0.5) is 0 Å². The summed E-state index contributed by atoms with van der Waals surface area (Å²) < 4.78 is 1.78. The Balaban J connectivity index is 2.23. The second-order valence-electron chi connectivity index (χ2n) is 4.70. The first-order chi connectivity index (χ1) is 9.55. The Bertz CT molecular complexity index is 778. The summed E-state index contributed by atoms with van der Waals surface area (Å²) in [6, 6.07) is 9.48. The highest BCUT2D eigenvalue weighted by Crippen LogP contribution is 2.40. The third-order valence-electron chi connectivity index (χ3n) is 3.49. The smallest absolute Gasteiger partial charge is 0.152 e. The minimum absolute atomic E-state index is 0.355. The fourth-order valence-electron chi connectivity index (χ4n) is 2.47. The highest BCUT2D eigenvalue weighted by Gasteiger charge is 2.38. The Labute approximate surface area is 126 Å². The van der Waals surface area contributed by atoms with Gasteiger partial charge in [0.1, 0.15) is 11.8 Å². The lowest BCUT2D eigenvalue weighted by atomic mass is 10.0. The van der Waals surface area contributed by atoms with E-state index < -0.39 is 11.0 Å². The van der Waals surface area contributed by atoms with Crippen LogP contribution in [0.2, 0.25) is 0 Å². The summed E-state index contributed by atoms with van der Waals surface area (Å²) in [5.74, 6) is 0. The Morgan fingerprint density at radius 2 is 2.10 bits per heavy atom. The number of hydrogen-bond acceptors (Lipinski definition) is 2. The van der Waals surface area contributed by atoms with Crippen molar-refractivity contribution < 1.29 is 0 Å². The summed E-state index contributed by atoms with van der Waals surface area (Å²) in [7, 11) is 0. The van der Waals surface area contributed by atoms with Crippen LogP contribution in [-0.4, -0.2) is 9.57 Å². The molecule has 1 aromatic heterocycles. The maximum atomic E-state index is 9.45. The fraction of sp³-hybridized carbons (Fsp3) is 0.133. The van der Waals surface area contributed by atoms with Gasteiger partial charge in [0.2, 0.25) is 0 Å². The monoisotopic (exact) mass is 303 g/mol. The molecule has 0 saturated carbocycles. The predicted octanol–water partition coefficient (Wildman–Crippen LogP) is 3.64. The number of rotatable bonds is 1. The van der Waals surface area contributed by atoms with Crippen molar-refractivity contribution in [3.63, 3.8) is 0 Å². The number of nitrogens with zero attached hydrogens (tertiary/aromatic N) is 2. The molecule has 2 aromatic rings. The van der Waals surface area contributed by atoms with Crippen molar-refractivity contribution in [3.05, 3.63) is 59.4 Å². The van der Waals surface area contributed by atoms with Gasteiger partial charge in [-0.1, -0.05) is 59.6 Å². The van der Waals surface area contributed by atoms with E-state index >= 15 is 0 Å². The van der Waals surface area contributed by atoms with Gasteiger partial charge in [-0.25, -0.2) is 0 Å². The van der Waals surface area contributed by atoms with Gasteiger partial charge >= 0.3 is 0 Å². The SMILES string of the molecule is N#Cc1c2ccccc2cn1C1C=CC=C(Cl)C1(N)Cl. The van der Waals surface area contributed by atoms with Gasteiger partial charge in [-0.2, -0.15) is 5.26 Å². The first-order valence-electron chi connectivity index (χ1n) is 6.07. The van der Waals surface area contributed by atoms with E-state index in [1.165, 1.54) is 0 Å². The van der Waals surface area contributed by atoms with Crippen molar-refractivity contribution in [2.24, 2.45) is 5.73 Å². The Morgan fingerprint density at radius 3 is 2.85 bits per heavy atom. The molecule has 1 aliphatic rings. The first kappa shape index (κ1) is 13.3. The topological polar surface area (TPSA) is 54.7 Å². The molecule has 2 N–H and O–H groups in total. The largest absolute Gasteiger partial charge is 0.328 e. The molecule has 0 spiro atoms. The van der Waals surface area contributed by atoms with Crippen molar-refractivity contribution in [2.45, 2.75) is 11.0 Å². The highest BCUT2D eigenvalue weighted by atomic mass is 35.5. The summed E-state index contributed by atoms with van der Waals surface area (Å²) in [6.07, 6.45) is 7.19. The van der Waals surface area contributed by atoms with E-state index in [4.69, 9.17) is 28.9 Å². The molecule has 5 heteroatoms. The molecule has 0 aliphatic heterocycles. The minimum Gasteiger partial charge on any atom is -0.328 e.